The first kappa shape index (κ1) is 14.3. The van der Waals surface area contributed by atoms with Crippen LogP contribution in [-0.4, -0.2) is 33.4 Å². The highest BCUT2D eigenvalue weighted by Gasteiger charge is 2.26. The molecule has 0 unspecified atom stereocenters. The second kappa shape index (κ2) is 5.98. The molecule has 0 saturated heterocycles. The topological polar surface area (TPSA) is 46.1 Å². The van der Waals surface area contributed by atoms with Gasteiger partial charge in [0.25, 0.3) is 5.91 Å². The predicted molar refractivity (Wildman–Crippen MR) is 84.3 cm³/mol. The van der Waals surface area contributed by atoms with Gasteiger partial charge in [0.1, 0.15) is 5.69 Å². The van der Waals surface area contributed by atoms with Crippen LogP contribution in [0.4, 0.5) is 0 Å². The fraction of sp³-hybridized carbons (Fsp3) is 0.278. The Balaban J connectivity index is 1.87. The van der Waals surface area contributed by atoms with Crippen molar-refractivity contribution >= 4 is 5.91 Å². The standard InChI is InChI=1S/C18H17N3O/c1-13(2)21-11-9-17-16(18(21)22)8-7-15(20-17)6-5-14-4-3-10-19-12-14/h3-4,7-8,10,12-13H,9,11H2,1-2H3. The fourth-order valence-electron chi connectivity index (χ4n) is 2.50. The molecule has 0 radical (unpaired) electrons. The largest absolute Gasteiger partial charge is 0.336 e. The van der Waals surface area contributed by atoms with Crippen molar-refractivity contribution in [3.05, 3.63) is 59.2 Å². The summed E-state index contributed by atoms with van der Waals surface area (Å²) in [6.07, 6.45) is 4.21. The van der Waals surface area contributed by atoms with E-state index < -0.39 is 0 Å². The molecule has 4 nitrogen and oxygen atoms in total. The van der Waals surface area contributed by atoms with Crippen LogP contribution < -0.4 is 0 Å². The lowest BCUT2D eigenvalue weighted by Gasteiger charge is -2.31. The number of hydrogen-bond donors (Lipinski definition) is 0. The third kappa shape index (κ3) is 2.84. The van der Waals surface area contributed by atoms with Gasteiger partial charge in [-0.2, -0.15) is 0 Å². The van der Waals surface area contributed by atoms with Gasteiger partial charge in [0, 0.05) is 37.0 Å². The van der Waals surface area contributed by atoms with E-state index in [1.165, 1.54) is 0 Å². The minimum absolute atomic E-state index is 0.0653. The summed E-state index contributed by atoms with van der Waals surface area (Å²) in [6.45, 7) is 4.78. The first-order valence-electron chi connectivity index (χ1n) is 7.38. The van der Waals surface area contributed by atoms with Crippen LogP contribution in [0.2, 0.25) is 0 Å². The Morgan fingerprint density at radius 3 is 2.82 bits per heavy atom. The highest BCUT2D eigenvalue weighted by molar-refractivity contribution is 5.96. The Kier molecular flexibility index (Phi) is 3.88. The molecule has 0 bridgehead atoms. The van der Waals surface area contributed by atoms with E-state index in [0.717, 1.165) is 24.2 Å². The van der Waals surface area contributed by atoms with Gasteiger partial charge in [-0.25, -0.2) is 4.98 Å². The van der Waals surface area contributed by atoms with Crippen molar-refractivity contribution in [3.8, 4) is 11.8 Å². The molecule has 0 aromatic carbocycles. The Morgan fingerprint density at radius 2 is 2.09 bits per heavy atom. The molecule has 22 heavy (non-hydrogen) atoms. The summed E-state index contributed by atoms with van der Waals surface area (Å²) in [4.78, 5) is 22.8. The summed E-state index contributed by atoms with van der Waals surface area (Å²) in [5, 5.41) is 0. The van der Waals surface area contributed by atoms with Gasteiger partial charge < -0.3 is 4.90 Å². The molecule has 3 heterocycles. The molecule has 0 fully saturated rings. The maximum atomic E-state index is 12.4. The normalized spacial score (nSPS) is 13.6. The minimum Gasteiger partial charge on any atom is -0.336 e. The number of pyridine rings is 2. The number of aromatic nitrogens is 2. The monoisotopic (exact) mass is 291 g/mol. The van der Waals surface area contributed by atoms with Crippen molar-refractivity contribution in [1.82, 2.24) is 14.9 Å². The quantitative estimate of drug-likeness (QED) is 0.757. The van der Waals surface area contributed by atoms with E-state index in [-0.39, 0.29) is 11.9 Å². The second-order valence-electron chi connectivity index (χ2n) is 5.52. The second-order valence-corrected chi connectivity index (χ2v) is 5.52. The smallest absolute Gasteiger partial charge is 0.255 e. The van der Waals surface area contributed by atoms with Gasteiger partial charge in [-0.3, -0.25) is 9.78 Å². The molecule has 0 N–H and O–H groups in total. The summed E-state index contributed by atoms with van der Waals surface area (Å²) in [6, 6.07) is 7.62. The van der Waals surface area contributed by atoms with Crippen molar-refractivity contribution in [2.75, 3.05) is 6.54 Å². The number of fused-ring (bicyclic) bond motifs is 1. The van der Waals surface area contributed by atoms with Gasteiger partial charge in [-0.1, -0.05) is 5.92 Å². The number of nitrogens with zero attached hydrogens (tertiary/aromatic N) is 3. The van der Waals surface area contributed by atoms with Gasteiger partial charge >= 0.3 is 0 Å². The van der Waals surface area contributed by atoms with Crippen LogP contribution in [0.5, 0.6) is 0 Å². The van der Waals surface area contributed by atoms with Crippen LogP contribution in [0, 0.1) is 11.8 Å². The van der Waals surface area contributed by atoms with E-state index in [1.807, 2.05) is 43.0 Å². The lowest BCUT2D eigenvalue weighted by Crippen LogP contribution is -2.42. The molecule has 1 amide bonds. The van der Waals surface area contributed by atoms with Crippen LogP contribution in [0.25, 0.3) is 0 Å². The van der Waals surface area contributed by atoms with E-state index in [4.69, 9.17) is 0 Å². The molecule has 4 heteroatoms. The van der Waals surface area contributed by atoms with Crippen LogP contribution in [0.3, 0.4) is 0 Å². The first-order chi connectivity index (χ1) is 10.6. The SMILES string of the molecule is CC(C)N1CCc2nc(C#Cc3cccnc3)ccc2C1=O. The predicted octanol–water partition coefficient (Wildman–Crippen LogP) is 2.28. The molecule has 0 saturated carbocycles. The van der Waals surface area contributed by atoms with Crippen LogP contribution in [-0.2, 0) is 6.42 Å². The van der Waals surface area contributed by atoms with Gasteiger partial charge in [0.15, 0.2) is 0 Å². The van der Waals surface area contributed by atoms with Gasteiger partial charge in [-0.15, -0.1) is 0 Å². The van der Waals surface area contributed by atoms with Crippen molar-refractivity contribution in [3.63, 3.8) is 0 Å². The van der Waals surface area contributed by atoms with Crippen LogP contribution in [0.15, 0.2) is 36.7 Å². The minimum atomic E-state index is 0.0653. The molecular weight excluding hydrogens is 274 g/mol. The number of carbonyl (C=O) groups is 1. The molecule has 0 spiro atoms. The number of rotatable bonds is 1. The number of amides is 1. The van der Waals surface area contributed by atoms with E-state index in [1.54, 1.807) is 12.4 Å². The number of carbonyl (C=O) groups excluding carboxylic acids is 1. The molecule has 1 aliphatic heterocycles. The third-order valence-corrected chi connectivity index (χ3v) is 3.67. The Morgan fingerprint density at radius 1 is 1.23 bits per heavy atom. The Bertz CT molecular complexity index is 757. The molecule has 1 aliphatic rings. The van der Waals surface area contributed by atoms with Gasteiger partial charge in [0.05, 0.1) is 11.3 Å². The number of hydrogen-bond acceptors (Lipinski definition) is 3. The Labute approximate surface area is 130 Å². The van der Waals surface area contributed by atoms with Crippen LogP contribution >= 0.6 is 0 Å². The summed E-state index contributed by atoms with van der Waals surface area (Å²) >= 11 is 0. The molecular formula is C18H17N3O. The molecule has 3 rings (SSSR count). The molecule has 2 aromatic heterocycles. The maximum absolute atomic E-state index is 12.4. The van der Waals surface area contributed by atoms with Crippen molar-refractivity contribution < 1.29 is 4.79 Å². The average molecular weight is 291 g/mol. The zero-order valence-electron chi connectivity index (χ0n) is 12.7. The van der Waals surface area contributed by atoms with Crippen molar-refractivity contribution in [2.45, 2.75) is 26.3 Å². The highest BCUT2D eigenvalue weighted by atomic mass is 16.2. The van der Waals surface area contributed by atoms with E-state index in [0.29, 0.717) is 11.3 Å². The van der Waals surface area contributed by atoms with Gasteiger partial charge in [0.2, 0.25) is 0 Å². The summed E-state index contributed by atoms with van der Waals surface area (Å²) in [7, 11) is 0. The first-order valence-corrected chi connectivity index (χ1v) is 7.38. The fourth-order valence-corrected chi connectivity index (χ4v) is 2.50. The highest BCUT2D eigenvalue weighted by Crippen LogP contribution is 2.19. The zero-order valence-corrected chi connectivity index (χ0v) is 12.7. The van der Waals surface area contributed by atoms with Crippen LogP contribution in [0.1, 0.15) is 41.2 Å². The summed E-state index contributed by atoms with van der Waals surface area (Å²) in [5.74, 6) is 6.13. The molecule has 110 valence electrons. The van der Waals surface area contributed by atoms with Crippen molar-refractivity contribution in [2.24, 2.45) is 0 Å². The lowest BCUT2D eigenvalue weighted by molar-refractivity contribution is 0.0686. The molecule has 2 aromatic rings. The summed E-state index contributed by atoms with van der Waals surface area (Å²) in [5.41, 5.74) is 3.09. The van der Waals surface area contributed by atoms with Crippen molar-refractivity contribution in [1.29, 1.82) is 0 Å². The zero-order chi connectivity index (χ0) is 15.5. The Hall–Kier alpha value is -2.67. The van der Waals surface area contributed by atoms with E-state index in [2.05, 4.69) is 21.8 Å². The summed E-state index contributed by atoms with van der Waals surface area (Å²) < 4.78 is 0. The van der Waals surface area contributed by atoms with E-state index >= 15 is 0 Å². The maximum Gasteiger partial charge on any atom is 0.255 e. The van der Waals surface area contributed by atoms with E-state index in [9.17, 15) is 4.79 Å². The van der Waals surface area contributed by atoms with Gasteiger partial charge in [-0.05, 0) is 44.0 Å². The lowest BCUT2D eigenvalue weighted by atomic mass is 10.0. The molecule has 0 aliphatic carbocycles. The average Bonchev–Trinajstić information content (AvgIpc) is 2.54. The third-order valence-electron chi connectivity index (χ3n) is 3.67. The molecule has 0 atom stereocenters.